The van der Waals surface area contributed by atoms with E-state index in [0.29, 0.717) is 35.7 Å². The third kappa shape index (κ3) is 2.66. The van der Waals surface area contributed by atoms with Gasteiger partial charge in [0.05, 0.1) is 6.61 Å². The zero-order valence-electron chi connectivity index (χ0n) is 11.9. The van der Waals surface area contributed by atoms with Crippen LogP contribution in [0.15, 0.2) is 23.0 Å². The summed E-state index contributed by atoms with van der Waals surface area (Å²) >= 11 is 0. The van der Waals surface area contributed by atoms with Gasteiger partial charge in [0.2, 0.25) is 0 Å². The molecule has 0 spiro atoms. The number of phenolic OH excluding ortho intramolecular Hbond substituents is 1. The van der Waals surface area contributed by atoms with Crippen molar-refractivity contribution in [3.05, 3.63) is 39.8 Å². The number of aromatic amines is 1. The monoisotopic (exact) mass is 274 g/mol. The molecule has 106 valence electrons. The van der Waals surface area contributed by atoms with Gasteiger partial charge >= 0.3 is 0 Å². The fourth-order valence-electron chi connectivity index (χ4n) is 2.10. The van der Waals surface area contributed by atoms with Crippen LogP contribution in [0.4, 0.5) is 0 Å². The zero-order valence-corrected chi connectivity index (χ0v) is 11.9. The number of aromatic hydroxyl groups is 1. The standard InChI is InChI=1S/C15H18N2O3/c1-4-11-9(3)16-14(17-15(11)19)10-6-7-12(18)13(8-10)20-5-2/h6-8,18H,4-5H2,1-3H3,(H,16,17,19). The van der Waals surface area contributed by atoms with Crippen molar-refractivity contribution in [1.82, 2.24) is 9.97 Å². The average molecular weight is 274 g/mol. The van der Waals surface area contributed by atoms with Gasteiger partial charge in [-0.15, -0.1) is 0 Å². The molecule has 0 unspecified atom stereocenters. The van der Waals surface area contributed by atoms with E-state index < -0.39 is 0 Å². The Morgan fingerprint density at radius 1 is 1.35 bits per heavy atom. The highest BCUT2D eigenvalue weighted by Gasteiger charge is 2.10. The van der Waals surface area contributed by atoms with Gasteiger partial charge in [0, 0.05) is 16.8 Å². The van der Waals surface area contributed by atoms with Crippen molar-refractivity contribution in [2.45, 2.75) is 27.2 Å². The van der Waals surface area contributed by atoms with Crippen LogP contribution in [0.1, 0.15) is 25.1 Å². The molecule has 0 radical (unpaired) electrons. The lowest BCUT2D eigenvalue weighted by Crippen LogP contribution is -2.16. The van der Waals surface area contributed by atoms with Crippen LogP contribution in [0, 0.1) is 6.92 Å². The highest BCUT2D eigenvalue weighted by Crippen LogP contribution is 2.30. The van der Waals surface area contributed by atoms with E-state index >= 15 is 0 Å². The maximum Gasteiger partial charge on any atom is 0.254 e. The predicted octanol–water partition coefficient (Wildman–Crippen LogP) is 2.41. The molecular weight excluding hydrogens is 256 g/mol. The van der Waals surface area contributed by atoms with Crippen molar-refractivity contribution in [2.24, 2.45) is 0 Å². The molecule has 0 saturated carbocycles. The third-order valence-electron chi connectivity index (χ3n) is 3.11. The second kappa shape index (κ2) is 5.77. The fourth-order valence-corrected chi connectivity index (χ4v) is 2.10. The average Bonchev–Trinajstić information content (AvgIpc) is 2.41. The van der Waals surface area contributed by atoms with Crippen molar-refractivity contribution in [3.8, 4) is 22.9 Å². The Morgan fingerprint density at radius 3 is 2.70 bits per heavy atom. The molecule has 0 saturated heterocycles. The topological polar surface area (TPSA) is 75.2 Å². The molecule has 1 aromatic heterocycles. The van der Waals surface area contributed by atoms with Gasteiger partial charge in [0.25, 0.3) is 5.56 Å². The molecule has 1 heterocycles. The number of benzene rings is 1. The Labute approximate surface area is 117 Å². The summed E-state index contributed by atoms with van der Waals surface area (Å²) in [6.07, 6.45) is 0.647. The van der Waals surface area contributed by atoms with Crippen molar-refractivity contribution in [1.29, 1.82) is 0 Å². The number of phenols is 1. The molecule has 0 atom stereocenters. The summed E-state index contributed by atoms with van der Waals surface area (Å²) in [6.45, 7) is 6.04. The van der Waals surface area contributed by atoms with Crippen LogP contribution >= 0.6 is 0 Å². The number of aromatic nitrogens is 2. The minimum absolute atomic E-state index is 0.0693. The van der Waals surface area contributed by atoms with E-state index in [9.17, 15) is 9.90 Å². The van der Waals surface area contributed by atoms with E-state index in [-0.39, 0.29) is 11.3 Å². The molecule has 2 aromatic rings. The maximum absolute atomic E-state index is 12.0. The zero-order chi connectivity index (χ0) is 14.7. The van der Waals surface area contributed by atoms with Crippen LogP contribution in [-0.2, 0) is 6.42 Å². The second-order valence-corrected chi connectivity index (χ2v) is 4.45. The van der Waals surface area contributed by atoms with Gasteiger partial charge in [-0.2, -0.15) is 0 Å². The van der Waals surface area contributed by atoms with Crippen LogP contribution in [-0.4, -0.2) is 21.7 Å². The van der Waals surface area contributed by atoms with Crippen LogP contribution < -0.4 is 10.3 Å². The lowest BCUT2D eigenvalue weighted by Gasteiger charge is -2.09. The summed E-state index contributed by atoms with van der Waals surface area (Å²) in [5.74, 6) is 0.926. The van der Waals surface area contributed by atoms with E-state index in [0.717, 1.165) is 5.69 Å². The lowest BCUT2D eigenvalue weighted by atomic mass is 10.1. The van der Waals surface area contributed by atoms with Crippen molar-refractivity contribution >= 4 is 0 Å². The Kier molecular flexibility index (Phi) is 4.08. The predicted molar refractivity (Wildman–Crippen MR) is 77.2 cm³/mol. The highest BCUT2D eigenvalue weighted by molar-refractivity contribution is 5.61. The first kappa shape index (κ1) is 14.1. The minimum atomic E-state index is -0.124. The third-order valence-corrected chi connectivity index (χ3v) is 3.11. The lowest BCUT2D eigenvalue weighted by molar-refractivity contribution is 0.318. The molecule has 2 N–H and O–H groups in total. The molecule has 2 rings (SSSR count). The molecule has 0 bridgehead atoms. The summed E-state index contributed by atoms with van der Waals surface area (Å²) < 4.78 is 5.33. The Hall–Kier alpha value is -2.30. The number of H-pyrrole nitrogens is 1. The van der Waals surface area contributed by atoms with E-state index in [2.05, 4.69) is 9.97 Å². The van der Waals surface area contributed by atoms with E-state index in [1.54, 1.807) is 12.1 Å². The first-order valence-corrected chi connectivity index (χ1v) is 6.62. The fraction of sp³-hybridized carbons (Fsp3) is 0.333. The summed E-state index contributed by atoms with van der Waals surface area (Å²) in [7, 11) is 0. The Bertz CT molecular complexity index is 677. The number of rotatable bonds is 4. The van der Waals surface area contributed by atoms with Gasteiger partial charge in [-0.25, -0.2) is 4.98 Å². The first-order valence-electron chi connectivity index (χ1n) is 6.62. The number of nitrogens with one attached hydrogen (secondary N) is 1. The molecule has 0 amide bonds. The molecule has 5 heteroatoms. The van der Waals surface area contributed by atoms with Crippen LogP contribution in [0.5, 0.6) is 11.5 Å². The molecule has 20 heavy (non-hydrogen) atoms. The summed E-state index contributed by atoms with van der Waals surface area (Å²) in [4.78, 5) is 19.1. The molecule has 1 aromatic carbocycles. The highest BCUT2D eigenvalue weighted by atomic mass is 16.5. The Morgan fingerprint density at radius 2 is 2.10 bits per heavy atom. The number of ether oxygens (including phenoxy) is 1. The van der Waals surface area contributed by atoms with Gasteiger partial charge in [-0.1, -0.05) is 6.92 Å². The van der Waals surface area contributed by atoms with E-state index in [1.165, 1.54) is 6.07 Å². The summed E-state index contributed by atoms with van der Waals surface area (Å²) in [5, 5.41) is 9.69. The van der Waals surface area contributed by atoms with E-state index in [4.69, 9.17) is 4.74 Å². The smallest absolute Gasteiger partial charge is 0.254 e. The summed E-state index contributed by atoms with van der Waals surface area (Å²) in [6, 6.07) is 4.90. The largest absolute Gasteiger partial charge is 0.504 e. The second-order valence-electron chi connectivity index (χ2n) is 4.45. The van der Waals surface area contributed by atoms with Gasteiger partial charge in [-0.05, 0) is 38.5 Å². The first-order chi connectivity index (χ1) is 9.56. The van der Waals surface area contributed by atoms with Gasteiger partial charge in [0.1, 0.15) is 5.82 Å². The van der Waals surface area contributed by atoms with Crippen molar-refractivity contribution < 1.29 is 9.84 Å². The van der Waals surface area contributed by atoms with Crippen molar-refractivity contribution in [3.63, 3.8) is 0 Å². The number of nitrogens with zero attached hydrogens (tertiary/aromatic N) is 1. The molecule has 0 aliphatic carbocycles. The molecule has 0 fully saturated rings. The number of hydrogen-bond acceptors (Lipinski definition) is 4. The number of hydrogen-bond donors (Lipinski definition) is 2. The normalized spacial score (nSPS) is 10.6. The van der Waals surface area contributed by atoms with Gasteiger partial charge in [0.15, 0.2) is 11.5 Å². The maximum atomic E-state index is 12.0. The van der Waals surface area contributed by atoms with Gasteiger partial charge < -0.3 is 14.8 Å². The van der Waals surface area contributed by atoms with Gasteiger partial charge in [-0.3, -0.25) is 4.79 Å². The quantitative estimate of drug-likeness (QED) is 0.897. The SMILES string of the molecule is CCOc1cc(-c2nc(C)c(CC)c(=O)[nH]2)ccc1O. The molecule has 0 aliphatic heterocycles. The molecule has 5 nitrogen and oxygen atoms in total. The van der Waals surface area contributed by atoms with Crippen molar-refractivity contribution in [2.75, 3.05) is 6.61 Å². The Balaban J connectivity index is 2.52. The minimum Gasteiger partial charge on any atom is -0.504 e. The molecular formula is C15H18N2O3. The van der Waals surface area contributed by atoms with Crippen LogP contribution in [0.3, 0.4) is 0 Å². The summed E-state index contributed by atoms with van der Waals surface area (Å²) in [5.41, 5.74) is 1.99. The molecule has 0 aliphatic rings. The van der Waals surface area contributed by atoms with E-state index in [1.807, 2.05) is 20.8 Å². The van der Waals surface area contributed by atoms with Crippen LogP contribution in [0.2, 0.25) is 0 Å². The number of aryl methyl sites for hydroxylation is 1. The van der Waals surface area contributed by atoms with Crippen LogP contribution in [0.25, 0.3) is 11.4 Å².